The van der Waals surface area contributed by atoms with Gasteiger partial charge >= 0.3 is 0 Å². The Kier molecular flexibility index (Phi) is 1.39. The lowest BCUT2D eigenvalue weighted by atomic mass is 10.1. The predicted molar refractivity (Wildman–Crippen MR) is 46.4 cm³/mol. The smallest absolute Gasteiger partial charge is 0.00927 e. The van der Waals surface area contributed by atoms with Crippen molar-refractivity contribution in [3.63, 3.8) is 0 Å². The fourth-order valence-corrected chi connectivity index (χ4v) is 1.17. The highest BCUT2D eigenvalue weighted by molar-refractivity contribution is 5.82. The van der Waals surface area contributed by atoms with E-state index in [1.807, 2.05) is 12.1 Å². The molecular formula is C11H8. The maximum atomic E-state index is 3.14. The van der Waals surface area contributed by atoms with Crippen LogP contribution >= 0.6 is 0 Å². The summed E-state index contributed by atoms with van der Waals surface area (Å²) in [5, 5.41) is 2.38. The first-order chi connectivity index (χ1) is 5.36. The molecule has 0 amide bonds. The van der Waals surface area contributed by atoms with E-state index >= 15 is 0 Å². The second-order valence-corrected chi connectivity index (χ2v) is 2.69. The average Bonchev–Trinajstić information content (AvgIpc) is 2.04. The van der Waals surface area contributed by atoms with E-state index in [0.717, 1.165) is 0 Å². The summed E-state index contributed by atoms with van der Waals surface area (Å²) in [6, 6.07) is 16.3. The van der Waals surface area contributed by atoms with Crippen LogP contribution in [0, 0.1) is 19.1 Å². The zero-order valence-corrected chi connectivity index (χ0v) is 6.39. The van der Waals surface area contributed by atoms with Gasteiger partial charge in [0.15, 0.2) is 0 Å². The summed E-state index contributed by atoms with van der Waals surface area (Å²) in [4.78, 5) is 0. The molecule has 0 aromatic heterocycles. The highest BCUT2D eigenvalue weighted by atomic mass is 13.9. The van der Waals surface area contributed by atoms with Crippen molar-refractivity contribution in [1.29, 1.82) is 0 Å². The van der Waals surface area contributed by atoms with Gasteiger partial charge in [0.1, 0.15) is 0 Å². The van der Waals surface area contributed by atoms with E-state index in [2.05, 4.69) is 37.3 Å². The van der Waals surface area contributed by atoms with Gasteiger partial charge in [-0.3, -0.25) is 0 Å². The lowest BCUT2D eigenvalue weighted by Gasteiger charge is -1.96. The fourth-order valence-electron chi connectivity index (χ4n) is 1.17. The maximum absolute atomic E-state index is 3.14. The number of aryl methyl sites for hydroxylation is 1. The molecular weight excluding hydrogens is 132 g/mol. The van der Waals surface area contributed by atoms with Crippen molar-refractivity contribution in [2.45, 2.75) is 6.92 Å². The van der Waals surface area contributed by atoms with Crippen LogP contribution in [0.3, 0.4) is 0 Å². The van der Waals surface area contributed by atoms with E-state index in [0.29, 0.717) is 0 Å². The quantitative estimate of drug-likeness (QED) is 0.527. The summed E-state index contributed by atoms with van der Waals surface area (Å²) < 4.78 is 0. The highest BCUT2D eigenvalue weighted by Gasteiger charge is 1.90. The normalized spacial score (nSPS) is 10.3. The molecule has 2 rings (SSSR count). The topological polar surface area (TPSA) is 0 Å². The van der Waals surface area contributed by atoms with E-state index in [1.165, 1.54) is 16.3 Å². The van der Waals surface area contributed by atoms with Crippen LogP contribution in [0.15, 0.2) is 30.3 Å². The Morgan fingerprint density at radius 3 is 3.09 bits per heavy atom. The molecule has 0 aliphatic carbocycles. The Morgan fingerprint density at radius 2 is 2.18 bits per heavy atom. The lowest BCUT2D eigenvalue weighted by Crippen LogP contribution is -1.73. The standard InChI is InChI=1S/C11H8/c1-9-6-7-10-4-2-3-5-11(10)8-9/h3-4,6-8H,1H3. The summed E-state index contributed by atoms with van der Waals surface area (Å²) in [6.45, 7) is 2.09. The molecule has 0 heterocycles. The Hall–Kier alpha value is -1.30. The monoisotopic (exact) mass is 140 g/mol. The van der Waals surface area contributed by atoms with E-state index in [9.17, 15) is 0 Å². The average molecular weight is 140 g/mol. The Bertz CT molecular complexity index is 374. The molecule has 0 saturated heterocycles. The molecule has 0 bridgehead atoms. The number of rotatable bonds is 0. The summed E-state index contributed by atoms with van der Waals surface area (Å²) >= 11 is 0. The maximum Gasteiger partial charge on any atom is -0.00927 e. The van der Waals surface area contributed by atoms with E-state index in [4.69, 9.17) is 0 Å². The fraction of sp³-hybridized carbons (Fsp3) is 0.0909. The second-order valence-electron chi connectivity index (χ2n) is 2.69. The molecule has 2 radical (unpaired) electrons. The molecule has 2 aromatic rings. The number of benzene rings is 2. The Morgan fingerprint density at radius 1 is 1.27 bits per heavy atom. The third-order valence-corrected chi connectivity index (χ3v) is 1.76. The predicted octanol–water partition coefficient (Wildman–Crippen LogP) is 2.75. The van der Waals surface area contributed by atoms with Gasteiger partial charge in [0.2, 0.25) is 0 Å². The van der Waals surface area contributed by atoms with Crippen molar-refractivity contribution in [2.75, 3.05) is 0 Å². The Labute approximate surface area is 66.5 Å². The third kappa shape index (κ3) is 1.12. The van der Waals surface area contributed by atoms with Crippen LogP contribution < -0.4 is 0 Å². The van der Waals surface area contributed by atoms with E-state index in [1.54, 1.807) is 0 Å². The van der Waals surface area contributed by atoms with E-state index < -0.39 is 0 Å². The Balaban J connectivity index is 2.83. The minimum Gasteiger partial charge on any atom is -0.0587 e. The molecule has 0 aliphatic rings. The van der Waals surface area contributed by atoms with Crippen LogP contribution in [0.25, 0.3) is 10.8 Å². The van der Waals surface area contributed by atoms with Crippen molar-refractivity contribution in [3.8, 4) is 0 Å². The molecule has 11 heavy (non-hydrogen) atoms. The minimum absolute atomic E-state index is 1.17. The molecule has 0 aliphatic heterocycles. The van der Waals surface area contributed by atoms with Gasteiger partial charge < -0.3 is 0 Å². The van der Waals surface area contributed by atoms with Gasteiger partial charge in [0.25, 0.3) is 0 Å². The van der Waals surface area contributed by atoms with Gasteiger partial charge in [-0.2, -0.15) is 0 Å². The summed E-state index contributed by atoms with van der Waals surface area (Å²) in [6.07, 6.45) is 0. The van der Waals surface area contributed by atoms with Crippen LogP contribution in [0.1, 0.15) is 5.56 Å². The van der Waals surface area contributed by atoms with Crippen LogP contribution in [0.2, 0.25) is 0 Å². The van der Waals surface area contributed by atoms with Crippen LogP contribution in [-0.4, -0.2) is 0 Å². The number of hydrogen-bond donors (Lipinski definition) is 0. The van der Waals surface area contributed by atoms with Gasteiger partial charge in [0.05, 0.1) is 0 Å². The zero-order chi connectivity index (χ0) is 7.68. The molecule has 0 nitrogen and oxygen atoms in total. The molecule has 0 N–H and O–H groups in total. The first kappa shape index (κ1) is 6.41. The first-order valence-corrected chi connectivity index (χ1v) is 3.64. The summed E-state index contributed by atoms with van der Waals surface area (Å²) in [7, 11) is 0. The molecule has 0 heteroatoms. The largest absolute Gasteiger partial charge is 0.0587 e. The van der Waals surface area contributed by atoms with Gasteiger partial charge in [-0.25, -0.2) is 0 Å². The molecule has 0 spiro atoms. The SMILES string of the molecule is Cc1ccc2c[c]c[c]c2c1. The summed E-state index contributed by atoms with van der Waals surface area (Å²) in [5.41, 5.74) is 1.28. The van der Waals surface area contributed by atoms with Gasteiger partial charge in [-0.15, -0.1) is 0 Å². The number of fused-ring (bicyclic) bond motifs is 1. The van der Waals surface area contributed by atoms with Crippen molar-refractivity contribution in [3.05, 3.63) is 48.0 Å². The first-order valence-electron chi connectivity index (χ1n) is 3.64. The van der Waals surface area contributed by atoms with Gasteiger partial charge in [-0.1, -0.05) is 23.8 Å². The van der Waals surface area contributed by atoms with Gasteiger partial charge in [-0.05, 0) is 42.0 Å². The molecule has 0 atom stereocenters. The second kappa shape index (κ2) is 2.39. The lowest BCUT2D eigenvalue weighted by molar-refractivity contribution is 1.50. The molecule has 52 valence electrons. The zero-order valence-electron chi connectivity index (χ0n) is 6.39. The highest BCUT2D eigenvalue weighted by Crippen LogP contribution is 2.13. The van der Waals surface area contributed by atoms with Crippen molar-refractivity contribution in [2.24, 2.45) is 0 Å². The van der Waals surface area contributed by atoms with Crippen molar-refractivity contribution in [1.82, 2.24) is 0 Å². The minimum atomic E-state index is 1.17. The van der Waals surface area contributed by atoms with E-state index in [-0.39, 0.29) is 0 Å². The molecule has 0 fully saturated rings. The molecule has 0 saturated carbocycles. The van der Waals surface area contributed by atoms with Crippen LogP contribution in [-0.2, 0) is 0 Å². The molecule has 2 aromatic carbocycles. The molecule has 0 unspecified atom stereocenters. The number of hydrogen-bond acceptors (Lipinski definition) is 0. The van der Waals surface area contributed by atoms with Gasteiger partial charge in [0, 0.05) is 0 Å². The van der Waals surface area contributed by atoms with Crippen LogP contribution in [0.4, 0.5) is 0 Å². The summed E-state index contributed by atoms with van der Waals surface area (Å²) in [5.74, 6) is 0. The third-order valence-electron chi connectivity index (χ3n) is 1.76. The van der Waals surface area contributed by atoms with Crippen LogP contribution in [0.5, 0.6) is 0 Å². The van der Waals surface area contributed by atoms with Crippen molar-refractivity contribution >= 4 is 10.8 Å². The van der Waals surface area contributed by atoms with Crippen molar-refractivity contribution < 1.29 is 0 Å².